The molecule has 2 fully saturated rings. The number of aliphatic hydroxyl groups is 1. The lowest BCUT2D eigenvalue weighted by Crippen LogP contribution is -2.33. The van der Waals surface area contributed by atoms with Crippen molar-refractivity contribution in [3.63, 3.8) is 0 Å². The largest absolute Gasteiger partial charge is 0.397 e. The van der Waals surface area contributed by atoms with Gasteiger partial charge < -0.3 is 26.5 Å². The van der Waals surface area contributed by atoms with Crippen molar-refractivity contribution in [1.29, 1.82) is 0 Å². The summed E-state index contributed by atoms with van der Waals surface area (Å²) in [5, 5.41) is 14.6. The average Bonchev–Trinajstić information content (AvgIpc) is 3.55. The van der Waals surface area contributed by atoms with Crippen molar-refractivity contribution in [3.8, 4) is 0 Å². The SMILES string of the molecule is CC(O)(C(=O)Cc1ccc2c(c1)nc(N)n2C1CCCC1)c1ccc(NC2CCCC2)c(N)c1. The number of nitrogens with zero attached hydrogens (tertiary/aromatic N) is 2. The zero-order chi connectivity index (χ0) is 23.9. The highest BCUT2D eigenvalue weighted by atomic mass is 16.3. The second kappa shape index (κ2) is 8.95. The number of ketones is 1. The smallest absolute Gasteiger partial charge is 0.201 e. The Morgan fingerprint density at radius 2 is 1.79 bits per heavy atom. The molecule has 34 heavy (non-hydrogen) atoms. The first-order chi connectivity index (χ1) is 16.3. The van der Waals surface area contributed by atoms with E-state index in [1.807, 2.05) is 24.3 Å². The van der Waals surface area contributed by atoms with E-state index in [0.29, 0.717) is 29.3 Å². The summed E-state index contributed by atoms with van der Waals surface area (Å²) >= 11 is 0. The third-order valence-corrected chi connectivity index (χ3v) is 7.71. The molecule has 0 bridgehead atoms. The summed E-state index contributed by atoms with van der Waals surface area (Å²) in [5.74, 6) is 0.241. The fraction of sp³-hybridized carbons (Fsp3) is 0.481. The number of nitrogens with one attached hydrogen (secondary N) is 1. The number of imidazole rings is 1. The summed E-state index contributed by atoms with van der Waals surface area (Å²) in [4.78, 5) is 17.7. The van der Waals surface area contributed by atoms with E-state index in [4.69, 9.17) is 11.5 Å². The van der Waals surface area contributed by atoms with Crippen molar-refractivity contribution in [2.45, 2.75) is 82.4 Å². The van der Waals surface area contributed by atoms with Crippen LogP contribution in [0.4, 0.5) is 17.3 Å². The molecule has 2 aliphatic carbocycles. The number of carbonyl (C=O) groups is 1. The molecule has 0 aliphatic heterocycles. The Kier molecular flexibility index (Phi) is 5.98. The summed E-state index contributed by atoms with van der Waals surface area (Å²) < 4.78 is 2.13. The summed E-state index contributed by atoms with van der Waals surface area (Å²) in [6, 6.07) is 12.1. The molecule has 3 aromatic rings. The van der Waals surface area contributed by atoms with E-state index in [1.54, 1.807) is 19.1 Å². The van der Waals surface area contributed by atoms with Crippen LogP contribution in [0.5, 0.6) is 0 Å². The molecule has 6 N–H and O–H groups in total. The molecule has 1 heterocycles. The van der Waals surface area contributed by atoms with Crippen LogP contribution in [0.15, 0.2) is 36.4 Å². The van der Waals surface area contributed by atoms with Crippen molar-refractivity contribution in [2.75, 3.05) is 16.8 Å². The maximum atomic E-state index is 13.2. The Morgan fingerprint density at radius 1 is 1.09 bits per heavy atom. The van der Waals surface area contributed by atoms with Gasteiger partial charge in [0.1, 0.15) is 5.60 Å². The van der Waals surface area contributed by atoms with Crippen LogP contribution in [0.25, 0.3) is 11.0 Å². The predicted molar refractivity (Wildman–Crippen MR) is 137 cm³/mol. The molecule has 1 unspecified atom stereocenters. The second-order valence-electron chi connectivity index (χ2n) is 10.2. The van der Waals surface area contributed by atoms with Gasteiger partial charge in [0.15, 0.2) is 5.78 Å². The highest BCUT2D eigenvalue weighted by Gasteiger charge is 2.33. The number of carbonyl (C=O) groups excluding carboxylic acids is 1. The molecule has 1 aromatic heterocycles. The number of anilines is 3. The van der Waals surface area contributed by atoms with Gasteiger partial charge in [0, 0.05) is 18.5 Å². The predicted octanol–water partition coefficient (Wildman–Crippen LogP) is 4.69. The number of Topliss-reactive ketones (excluding diaryl/α,β-unsaturated/α-hetero) is 1. The van der Waals surface area contributed by atoms with Gasteiger partial charge in [0.25, 0.3) is 0 Å². The zero-order valence-electron chi connectivity index (χ0n) is 19.9. The highest BCUT2D eigenvalue weighted by Crippen LogP contribution is 2.35. The molecule has 7 nitrogen and oxygen atoms in total. The molecule has 0 spiro atoms. The highest BCUT2D eigenvalue weighted by molar-refractivity contribution is 5.91. The minimum Gasteiger partial charge on any atom is -0.397 e. The first kappa shape index (κ1) is 22.7. The number of fused-ring (bicyclic) bond motifs is 1. The molecule has 7 heteroatoms. The standard InChI is InChI=1S/C27H35N5O2/c1-27(34,18-11-12-22(21(28)16-18)30-19-6-2-3-7-19)25(33)15-17-10-13-24-23(14-17)31-26(29)32(24)20-8-4-5-9-20/h10-14,16,19-20,30,34H,2-9,15,28H2,1H3,(H2,29,31). The quantitative estimate of drug-likeness (QED) is 0.379. The van der Waals surface area contributed by atoms with Crippen LogP contribution in [0.1, 0.15) is 75.5 Å². The summed E-state index contributed by atoms with van der Waals surface area (Å²) in [6.45, 7) is 1.54. The minimum absolute atomic E-state index is 0.0983. The van der Waals surface area contributed by atoms with E-state index >= 15 is 0 Å². The lowest BCUT2D eigenvalue weighted by molar-refractivity contribution is -0.135. The van der Waals surface area contributed by atoms with E-state index in [-0.39, 0.29) is 12.2 Å². The monoisotopic (exact) mass is 461 g/mol. The van der Waals surface area contributed by atoms with Crippen LogP contribution in [0, 0.1) is 0 Å². The van der Waals surface area contributed by atoms with Gasteiger partial charge in [-0.2, -0.15) is 0 Å². The number of hydrogen-bond acceptors (Lipinski definition) is 6. The number of hydrogen-bond donors (Lipinski definition) is 4. The first-order valence-corrected chi connectivity index (χ1v) is 12.5. The Labute approximate surface area is 200 Å². The van der Waals surface area contributed by atoms with Crippen LogP contribution in [0.3, 0.4) is 0 Å². The number of rotatable bonds is 7. The summed E-state index contributed by atoms with van der Waals surface area (Å²) in [6.07, 6.45) is 9.53. The molecular formula is C27H35N5O2. The Hall–Kier alpha value is -3.06. The van der Waals surface area contributed by atoms with Crippen molar-refractivity contribution < 1.29 is 9.90 Å². The second-order valence-corrected chi connectivity index (χ2v) is 10.2. The molecule has 2 saturated carbocycles. The molecule has 2 aliphatic rings. The summed E-state index contributed by atoms with van der Waals surface area (Å²) in [7, 11) is 0. The Balaban J connectivity index is 1.33. The van der Waals surface area contributed by atoms with Crippen LogP contribution < -0.4 is 16.8 Å². The van der Waals surface area contributed by atoms with E-state index in [9.17, 15) is 9.90 Å². The van der Waals surface area contributed by atoms with Crippen LogP contribution in [-0.4, -0.2) is 26.5 Å². The zero-order valence-corrected chi connectivity index (χ0v) is 19.9. The molecule has 0 saturated heterocycles. The van der Waals surface area contributed by atoms with Crippen LogP contribution >= 0.6 is 0 Å². The molecule has 5 rings (SSSR count). The maximum Gasteiger partial charge on any atom is 0.201 e. The van der Waals surface area contributed by atoms with Crippen molar-refractivity contribution in [3.05, 3.63) is 47.5 Å². The van der Waals surface area contributed by atoms with E-state index in [0.717, 1.165) is 48.0 Å². The fourth-order valence-electron chi connectivity index (χ4n) is 5.62. The van der Waals surface area contributed by atoms with E-state index < -0.39 is 5.60 Å². The lowest BCUT2D eigenvalue weighted by atomic mass is 9.87. The van der Waals surface area contributed by atoms with Gasteiger partial charge in [0.05, 0.1) is 22.4 Å². The van der Waals surface area contributed by atoms with Gasteiger partial charge in [-0.3, -0.25) is 4.79 Å². The van der Waals surface area contributed by atoms with Crippen molar-refractivity contribution in [2.24, 2.45) is 0 Å². The van der Waals surface area contributed by atoms with Gasteiger partial charge in [0.2, 0.25) is 5.95 Å². The fourth-order valence-corrected chi connectivity index (χ4v) is 5.62. The molecule has 0 amide bonds. The lowest BCUT2D eigenvalue weighted by Gasteiger charge is -2.24. The number of nitrogen functional groups attached to an aromatic ring is 2. The average molecular weight is 462 g/mol. The molecule has 180 valence electrons. The van der Waals surface area contributed by atoms with Crippen LogP contribution in [-0.2, 0) is 16.8 Å². The van der Waals surface area contributed by atoms with Crippen LogP contribution in [0.2, 0.25) is 0 Å². The maximum absolute atomic E-state index is 13.2. The Bertz CT molecular complexity index is 1200. The summed E-state index contributed by atoms with van der Waals surface area (Å²) in [5.41, 5.74) is 15.4. The molecule has 1 atom stereocenters. The Morgan fingerprint density at radius 3 is 2.50 bits per heavy atom. The minimum atomic E-state index is -1.64. The number of aromatic nitrogens is 2. The molecular weight excluding hydrogens is 426 g/mol. The number of benzene rings is 2. The topological polar surface area (TPSA) is 119 Å². The van der Waals surface area contributed by atoms with E-state index in [2.05, 4.69) is 14.9 Å². The van der Waals surface area contributed by atoms with Gasteiger partial charge >= 0.3 is 0 Å². The van der Waals surface area contributed by atoms with Gasteiger partial charge in [-0.1, -0.05) is 37.8 Å². The van der Waals surface area contributed by atoms with E-state index in [1.165, 1.54) is 25.7 Å². The van der Waals surface area contributed by atoms with Gasteiger partial charge in [-0.15, -0.1) is 0 Å². The third-order valence-electron chi connectivity index (χ3n) is 7.71. The van der Waals surface area contributed by atoms with Gasteiger partial charge in [-0.25, -0.2) is 4.98 Å². The normalized spacial score (nSPS) is 19.0. The molecule has 0 radical (unpaired) electrons. The molecule has 2 aromatic carbocycles. The number of nitrogens with two attached hydrogens (primary N) is 2. The third kappa shape index (κ3) is 4.25. The van der Waals surface area contributed by atoms with Crippen molar-refractivity contribution in [1.82, 2.24) is 9.55 Å². The van der Waals surface area contributed by atoms with Gasteiger partial charge in [-0.05, 0) is 68.0 Å². The first-order valence-electron chi connectivity index (χ1n) is 12.5. The van der Waals surface area contributed by atoms with Crippen molar-refractivity contribution >= 4 is 34.1 Å².